The Labute approximate surface area is 162 Å². The number of piperidine rings is 1. The van der Waals surface area contributed by atoms with Crippen LogP contribution in [0, 0.1) is 5.92 Å². The van der Waals surface area contributed by atoms with E-state index in [9.17, 15) is 9.59 Å². The molecule has 1 aromatic rings. The predicted molar refractivity (Wildman–Crippen MR) is 107 cm³/mol. The molecular weight excluding hydrogens is 338 g/mol. The summed E-state index contributed by atoms with van der Waals surface area (Å²) in [5, 5.41) is 2.98. The van der Waals surface area contributed by atoms with Crippen LogP contribution < -0.4 is 5.32 Å². The zero-order valence-corrected chi connectivity index (χ0v) is 16.3. The number of nitrogens with one attached hydrogen (secondary N) is 1. The van der Waals surface area contributed by atoms with Crippen LogP contribution in [0.5, 0.6) is 0 Å². The molecule has 27 heavy (non-hydrogen) atoms. The molecule has 1 fully saturated rings. The fourth-order valence-corrected chi connectivity index (χ4v) is 3.99. The van der Waals surface area contributed by atoms with Crippen molar-refractivity contribution in [1.29, 1.82) is 0 Å². The Kier molecular flexibility index (Phi) is 6.91. The first-order valence-corrected chi connectivity index (χ1v) is 10.1. The maximum atomic E-state index is 12.4. The second-order valence-electron chi connectivity index (χ2n) is 7.69. The van der Waals surface area contributed by atoms with Gasteiger partial charge in [-0.2, -0.15) is 0 Å². The Morgan fingerprint density at radius 3 is 2.85 bits per heavy atom. The van der Waals surface area contributed by atoms with Gasteiger partial charge in [-0.05, 0) is 43.6 Å². The average molecular weight is 370 g/mol. The van der Waals surface area contributed by atoms with Crippen molar-refractivity contribution < 1.29 is 9.59 Å². The predicted octanol–water partition coefficient (Wildman–Crippen LogP) is 3.57. The largest absolute Gasteiger partial charge is 0.341 e. The molecule has 0 radical (unpaired) electrons. The van der Waals surface area contributed by atoms with Gasteiger partial charge in [0.1, 0.15) is 0 Å². The number of fused-ring (bicyclic) bond motifs is 1. The molecule has 1 N–H and O–H groups in total. The van der Waals surface area contributed by atoms with Crippen molar-refractivity contribution >= 4 is 11.9 Å². The Morgan fingerprint density at radius 1 is 1.22 bits per heavy atom. The molecule has 1 aliphatic carbocycles. The summed E-state index contributed by atoms with van der Waals surface area (Å²) in [4.78, 5) is 28.3. The van der Waals surface area contributed by atoms with Gasteiger partial charge in [0.05, 0.1) is 0 Å². The van der Waals surface area contributed by atoms with Crippen LogP contribution in [0.4, 0.5) is 4.79 Å². The third-order valence-electron chi connectivity index (χ3n) is 5.63. The lowest BCUT2D eigenvalue weighted by Crippen LogP contribution is -2.46. The third kappa shape index (κ3) is 5.59. The standard InChI is InChI=1S/C22H31N3O2/c1-24(16-18-8-3-2-4-9-18)21(26)12-7-14-23-22(27)25-15-13-19-10-5-6-11-20(19)17-25/h2-4,8-9,11,19H,5-7,10,12-17H2,1H3,(H,23,27). The summed E-state index contributed by atoms with van der Waals surface area (Å²) in [6, 6.07) is 9.99. The molecule has 1 saturated heterocycles. The van der Waals surface area contributed by atoms with Crippen LogP contribution in [0.2, 0.25) is 0 Å². The number of hydrogen-bond donors (Lipinski definition) is 1. The van der Waals surface area contributed by atoms with E-state index in [4.69, 9.17) is 0 Å². The summed E-state index contributed by atoms with van der Waals surface area (Å²) < 4.78 is 0. The van der Waals surface area contributed by atoms with Crippen LogP contribution in [0.3, 0.4) is 0 Å². The van der Waals surface area contributed by atoms with Crippen LogP contribution in [-0.4, -0.2) is 48.4 Å². The lowest BCUT2D eigenvalue weighted by molar-refractivity contribution is -0.130. The first-order chi connectivity index (χ1) is 13.1. The molecule has 5 nitrogen and oxygen atoms in total. The minimum absolute atomic E-state index is 0.00464. The van der Waals surface area contributed by atoms with Gasteiger partial charge in [-0.1, -0.05) is 42.0 Å². The summed E-state index contributed by atoms with van der Waals surface area (Å²) in [7, 11) is 1.83. The van der Waals surface area contributed by atoms with Gasteiger partial charge in [0.25, 0.3) is 0 Å². The minimum atomic E-state index is 0.00464. The van der Waals surface area contributed by atoms with Gasteiger partial charge >= 0.3 is 6.03 Å². The monoisotopic (exact) mass is 369 g/mol. The van der Waals surface area contributed by atoms with Crippen molar-refractivity contribution in [1.82, 2.24) is 15.1 Å². The molecule has 0 aromatic heterocycles. The van der Waals surface area contributed by atoms with E-state index < -0.39 is 0 Å². The molecule has 0 saturated carbocycles. The van der Waals surface area contributed by atoms with Crippen LogP contribution in [0.1, 0.15) is 44.1 Å². The number of urea groups is 1. The van der Waals surface area contributed by atoms with E-state index in [2.05, 4.69) is 11.4 Å². The van der Waals surface area contributed by atoms with Gasteiger partial charge in [-0.25, -0.2) is 4.79 Å². The fraction of sp³-hybridized carbons (Fsp3) is 0.545. The van der Waals surface area contributed by atoms with E-state index >= 15 is 0 Å². The Hall–Kier alpha value is -2.30. The van der Waals surface area contributed by atoms with Crippen molar-refractivity contribution in [2.75, 3.05) is 26.7 Å². The van der Waals surface area contributed by atoms with Gasteiger partial charge in [0, 0.05) is 39.6 Å². The van der Waals surface area contributed by atoms with Gasteiger partial charge in [0.2, 0.25) is 5.91 Å². The van der Waals surface area contributed by atoms with Crippen LogP contribution in [0.25, 0.3) is 0 Å². The highest BCUT2D eigenvalue weighted by atomic mass is 16.2. The summed E-state index contributed by atoms with van der Waals surface area (Å²) >= 11 is 0. The Bertz CT molecular complexity index is 671. The molecular formula is C22H31N3O2. The van der Waals surface area contributed by atoms with Gasteiger partial charge in [-0.15, -0.1) is 0 Å². The Balaban J connectivity index is 1.34. The van der Waals surface area contributed by atoms with Crippen LogP contribution >= 0.6 is 0 Å². The topological polar surface area (TPSA) is 52.7 Å². The van der Waals surface area contributed by atoms with E-state index in [1.807, 2.05) is 42.3 Å². The molecule has 1 atom stereocenters. The smallest absolute Gasteiger partial charge is 0.317 e. The second kappa shape index (κ2) is 9.58. The zero-order valence-electron chi connectivity index (χ0n) is 16.3. The van der Waals surface area contributed by atoms with Crippen molar-refractivity contribution in [3.05, 3.63) is 47.5 Å². The maximum absolute atomic E-state index is 12.4. The highest BCUT2D eigenvalue weighted by Crippen LogP contribution is 2.31. The number of allylic oxidation sites excluding steroid dienone is 1. The molecule has 1 aromatic carbocycles. The third-order valence-corrected chi connectivity index (χ3v) is 5.63. The van der Waals surface area contributed by atoms with Crippen molar-refractivity contribution in [3.8, 4) is 0 Å². The lowest BCUT2D eigenvalue weighted by Gasteiger charge is -2.36. The summed E-state index contributed by atoms with van der Waals surface area (Å²) in [6.07, 6.45) is 8.25. The number of hydrogen-bond acceptors (Lipinski definition) is 2. The fourth-order valence-electron chi connectivity index (χ4n) is 3.99. The normalized spacial score (nSPS) is 19.1. The number of nitrogens with zero attached hydrogens (tertiary/aromatic N) is 2. The number of amides is 3. The maximum Gasteiger partial charge on any atom is 0.317 e. The number of likely N-dealkylation sites (tertiary alicyclic amines) is 1. The highest BCUT2D eigenvalue weighted by molar-refractivity contribution is 5.76. The molecule has 0 bridgehead atoms. The van der Waals surface area contributed by atoms with Crippen molar-refractivity contribution in [3.63, 3.8) is 0 Å². The van der Waals surface area contributed by atoms with E-state index in [0.29, 0.717) is 31.8 Å². The number of carbonyl (C=O) groups excluding carboxylic acids is 2. The van der Waals surface area contributed by atoms with Crippen molar-refractivity contribution in [2.24, 2.45) is 5.92 Å². The molecule has 146 valence electrons. The molecule has 3 rings (SSSR count). The summed E-state index contributed by atoms with van der Waals surface area (Å²) in [5.41, 5.74) is 2.57. The van der Waals surface area contributed by atoms with Gasteiger partial charge < -0.3 is 15.1 Å². The highest BCUT2D eigenvalue weighted by Gasteiger charge is 2.27. The number of benzene rings is 1. The zero-order chi connectivity index (χ0) is 19.1. The molecule has 5 heteroatoms. The summed E-state index contributed by atoms with van der Waals surface area (Å²) in [5.74, 6) is 0.807. The molecule has 0 spiro atoms. The second-order valence-corrected chi connectivity index (χ2v) is 7.69. The van der Waals surface area contributed by atoms with Gasteiger partial charge in [0.15, 0.2) is 0 Å². The van der Waals surface area contributed by atoms with Crippen LogP contribution in [-0.2, 0) is 11.3 Å². The molecule has 2 aliphatic rings. The van der Waals surface area contributed by atoms with Gasteiger partial charge in [-0.3, -0.25) is 4.79 Å². The lowest BCUT2D eigenvalue weighted by atomic mass is 9.82. The first-order valence-electron chi connectivity index (χ1n) is 10.1. The number of rotatable bonds is 6. The molecule has 3 amide bonds. The van der Waals surface area contributed by atoms with E-state index in [1.165, 1.54) is 18.4 Å². The van der Waals surface area contributed by atoms with Crippen molar-refractivity contribution in [2.45, 2.75) is 45.1 Å². The SMILES string of the molecule is CN(Cc1ccccc1)C(=O)CCCNC(=O)N1CCC2CCCC=C2C1. The Morgan fingerprint density at radius 2 is 2.04 bits per heavy atom. The summed E-state index contributed by atoms with van der Waals surface area (Å²) in [6.45, 7) is 2.78. The van der Waals surface area contributed by atoms with E-state index in [-0.39, 0.29) is 11.9 Å². The van der Waals surface area contributed by atoms with E-state index in [1.54, 1.807) is 4.90 Å². The van der Waals surface area contributed by atoms with Crippen LogP contribution in [0.15, 0.2) is 42.0 Å². The molecule has 1 heterocycles. The van der Waals surface area contributed by atoms with E-state index in [0.717, 1.165) is 31.5 Å². The number of carbonyl (C=O) groups is 2. The minimum Gasteiger partial charge on any atom is -0.341 e. The molecule has 1 aliphatic heterocycles. The molecule has 1 unspecified atom stereocenters. The quantitative estimate of drug-likeness (QED) is 0.616. The average Bonchev–Trinajstić information content (AvgIpc) is 2.71. The first kappa shape index (κ1) is 19.5.